The van der Waals surface area contributed by atoms with Gasteiger partial charge in [0.25, 0.3) is 5.91 Å². The van der Waals surface area contributed by atoms with Crippen molar-refractivity contribution in [3.8, 4) is 0 Å². The molecular weight excluding hydrogens is 401 g/mol. The van der Waals surface area contributed by atoms with E-state index in [9.17, 15) is 9.59 Å². The third kappa shape index (κ3) is 3.68. The molecule has 2 heterocycles. The van der Waals surface area contributed by atoms with Crippen molar-refractivity contribution in [2.75, 3.05) is 41.4 Å². The molecule has 0 aromatic heterocycles. The monoisotopic (exact) mass is 419 g/mol. The fourth-order valence-corrected chi connectivity index (χ4v) is 3.83. The minimum absolute atomic E-state index is 0.0624. The van der Waals surface area contributed by atoms with Crippen molar-refractivity contribution in [3.05, 3.63) is 52.5 Å². The maximum atomic E-state index is 12.8. The number of carbonyl (C=O) groups excluding carboxylic acids is 2. The molecule has 2 fully saturated rings. The Morgan fingerprint density at radius 1 is 1.00 bits per heavy atom. The fraction of sp³-hybridized carbons (Fsp3) is 0.300. The van der Waals surface area contributed by atoms with Crippen LogP contribution >= 0.6 is 23.2 Å². The second kappa shape index (κ2) is 7.99. The second-order valence-electron chi connectivity index (χ2n) is 6.69. The highest BCUT2D eigenvalue weighted by Gasteiger charge is 2.40. The number of amides is 2. The average Bonchev–Trinajstić information content (AvgIpc) is 2.98. The van der Waals surface area contributed by atoms with Gasteiger partial charge in [-0.05, 0) is 36.4 Å². The lowest BCUT2D eigenvalue weighted by molar-refractivity contribution is -0.121. The smallest absolute Gasteiger partial charge is 0.256 e. The minimum atomic E-state index is -0.642. The van der Waals surface area contributed by atoms with Crippen molar-refractivity contribution in [1.29, 1.82) is 0 Å². The summed E-state index contributed by atoms with van der Waals surface area (Å²) in [5, 5.41) is 3.65. The van der Waals surface area contributed by atoms with Gasteiger partial charge in [-0.1, -0.05) is 29.3 Å². The summed E-state index contributed by atoms with van der Waals surface area (Å²) in [5.74, 6) is -0.650. The summed E-state index contributed by atoms with van der Waals surface area (Å²) >= 11 is 12.2. The van der Waals surface area contributed by atoms with E-state index in [0.717, 1.165) is 42.6 Å². The number of anilines is 3. The molecule has 0 aliphatic carbocycles. The molecule has 8 heteroatoms. The van der Waals surface area contributed by atoms with E-state index < -0.39 is 6.04 Å². The number of morpholine rings is 1. The molecule has 2 amide bonds. The molecule has 0 unspecified atom stereocenters. The molecule has 2 aliphatic rings. The number of hydrogen-bond donors (Lipinski definition) is 1. The lowest BCUT2D eigenvalue weighted by atomic mass is 10.2. The molecular formula is C20H19Cl2N3O3. The molecule has 2 saturated heterocycles. The van der Waals surface area contributed by atoms with E-state index in [1.807, 2.05) is 24.3 Å². The zero-order chi connectivity index (χ0) is 19.7. The predicted octanol–water partition coefficient (Wildman–Crippen LogP) is 3.57. The number of carbonyl (C=O) groups is 2. The number of rotatable bonds is 4. The summed E-state index contributed by atoms with van der Waals surface area (Å²) in [6.07, 6.45) is 0.0624. The van der Waals surface area contributed by atoms with E-state index in [2.05, 4.69) is 10.2 Å². The zero-order valence-corrected chi connectivity index (χ0v) is 16.5. The van der Waals surface area contributed by atoms with Gasteiger partial charge in [-0.25, -0.2) is 4.90 Å². The topological polar surface area (TPSA) is 61.9 Å². The fourth-order valence-electron chi connectivity index (χ4n) is 3.45. The van der Waals surface area contributed by atoms with Crippen molar-refractivity contribution < 1.29 is 14.3 Å². The van der Waals surface area contributed by atoms with Gasteiger partial charge in [-0.2, -0.15) is 0 Å². The van der Waals surface area contributed by atoms with Crippen LogP contribution < -0.4 is 15.1 Å². The van der Waals surface area contributed by atoms with Crippen LogP contribution in [0.25, 0.3) is 0 Å². The van der Waals surface area contributed by atoms with Gasteiger partial charge >= 0.3 is 0 Å². The van der Waals surface area contributed by atoms with Gasteiger partial charge in [0.15, 0.2) is 0 Å². The molecule has 28 heavy (non-hydrogen) atoms. The average molecular weight is 420 g/mol. The van der Waals surface area contributed by atoms with Gasteiger partial charge in [0.2, 0.25) is 5.91 Å². The number of nitrogens with one attached hydrogen (secondary N) is 1. The first-order valence-electron chi connectivity index (χ1n) is 9.04. The number of hydrogen-bond acceptors (Lipinski definition) is 5. The maximum Gasteiger partial charge on any atom is 0.256 e. The number of imide groups is 1. The third-order valence-corrected chi connectivity index (χ3v) is 5.71. The first kappa shape index (κ1) is 19.1. The van der Waals surface area contributed by atoms with E-state index in [0.29, 0.717) is 10.7 Å². The van der Waals surface area contributed by atoms with E-state index in [-0.39, 0.29) is 23.3 Å². The van der Waals surface area contributed by atoms with Gasteiger partial charge in [-0.3, -0.25) is 9.59 Å². The van der Waals surface area contributed by atoms with Crippen LogP contribution in [0, 0.1) is 0 Å². The quantitative estimate of drug-likeness (QED) is 0.767. The van der Waals surface area contributed by atoms with Gasteiger partial charge in [0.1, 0.15) is 6.04 Å². The highest BCUT2D eigenvalue weighted by molar-refractivity contribution is 6.45. The highest BCUT2D eigenvalue weighted by atomic mass is 35.5. The number of halogens is 2. The molecule has 146 valence electrons. The summed E-state index contributed by atoms with van der Waals surface area (Å²) < 4.78 is 5.37. The van der Waals surface area contributed by atoms with Crippen LogP contribution in [-0.2, 0) is 14.3 Å². The van der Waals surface area contributed by atoms with Crippen molar-refractivity contribution in [2.45, 2.75) is 12.5 Å². The molecule has 0 spiro atoms. The first-order valence-corrected chi connectivity index (χ1v) is 9.80. The van der Waals surface area contributed by atoms with E-state index in [1.54, 1.807) is 18.2 Å². The standard InChI is InChI=1S/C20H19Cl2N3O3/c21-15-2-1-3-17(19(15)22)25-18(26)12-16(20(25)27)23-13-4-6-14(7-5-13)24-8-10-28-11-9-24/h1-7,16,23H,8-12H2/t16-/m1/s1. The summed E-state index contributed by atoms with van der Waals surface area (Å²) in [7, 11) is 0. The Hall–Kier alpha value is -2.28. The third-order valence-electron chi connectivity index (χ3n) is 4.90. The van der Waals surface area contributed by atoms with Crippen LogP contribution in [-0.4, -0.2) is 44.2 Å². The van der Waals surface area contributed by atoms with Gasteiger partial charge in [-0.15, -0.1) is 0 Å². The Bertz CT molecular complexity index is 898. The lowest BCUT2D eigenvalue weighted by Crippen LogP contribution is -2.36. The molecule has 2 aromatic rings. The van der Waals surface area contributed by atoms with E-state index in [4.69, 9.17) is 27.9 Å². The molecule has 2 aromatic carbocycles. The second-order valence-corrected chi connectivity index (χ2v) is 7.47. The largest absolute Gasteiger partial charge is 0.378 e. The summed E-state index contributed by atoms with van der Waals surface area (Å²) in [5.41, 5.74) is 2.20. The van der Waals surface area contributed by atoms with Crippen LogP contribution in [0.3, 0.4) is 0 Å². The molecule has 1 N–H and O–H groups in total. The van der Waals surface area contributed by atoms with Gasteiger partial charge < -0.3 is 15.0 Å². The normalized spacial score (nSPS) is 20.0. The molecule has 0 bridgehead atoms. The molecule has 1 atom stereocenters. The highest BCUT2D eigenvalue weighted by Crippen LogP contribution is 2.35. The van der Waals surface area contributed by atoms with Crippen LogP contribution in [0.2, 0.25) is 10.0 Å². The van der Waals surface area contributed by atoms with Crippen molar-refractivity contribution in [2.24, 2.45) is 0 Å². The summed E-state index contributed by atoms with van der Waals surface area (Å²) in [4.78, 5) is 28.6. The molecule has 2 aliphatic heterocycles. The maximum absolute atomic E-state index is 12.8. The Balaban J connectivity index is 1.47. The van der Waals surface area contributed by atoms with Crippen LogP contribution in [0.4, 0.5) is 17.1 Å². The molecule has 0 radical (unpaired) electrons. The van der Waals surface area contributed by atoms with E-state index >= 15 is 0 Å². The number of ether oxygens (including phenoxy) is 1. The zero-order valence-electron chi connectivity index (χ0n) is 15.0. The van der Waals surface area contributed by atoms with Crippen molar-refractivity contribution in [3.63, 3.8) is 0 Å². The Morgan fingerprint density at radius 3 is 2.43 bits per heavy atom. The number of nitrogens with zero attached hydrogens (tertiary/aromatic N) is 2. The number of benzene rings is 2. The molecule has 4 rings (SSSR count). The SMILES string of the molecule is O=C1C[C@@H](Nc2ccc(N3CCOCC3)cc2)C(=O)N1c1cccc(Cl)c1Cl. The predicted molar refractivity (Wildman–Crippen MR) is 110 cm³/mol. The Kier molecular flexibility index (Phi) is 5.44. The summed E-state index contributed by atoms with van der Waals surface area (Å²) in [6.45, 7) is 3.16. The van der Waals surface area contributed by atoms with Gasteiger partial charge in [0.05, 0.1) is 35.4 Å². The van der Waals surface area contributed by atoms with Crippen LogP contribution in [0.5, 0.6) is 0 Å². The lowest BCUT2D eigenvalue weighted by Gasteiger charge is -2.29. The Morgan fingerprint density at radius 2 is 1.71 bits per heavy atom. The first-order chi connectivity index (χ1) is 13.5. The van der Waals surface area contributed by atoms with Crippen LogP contribution in [0.15, 0.2) is 42.5 Å². The van der Waals surface area contributed by atoms with Crippen LogP contribution in [0.1, 0.15) is 6.42 Å². The van der Waals surface area contributed by atoms with Crippen molar-refractivity contribution >= 4 is 52.1 Å². The van der Waals surface area contributed by atoms with E-state index in [1.165, 1.54) is 0 Å². The van der Waals surface area contributed by atoms with Crippen molar-refractivity contribution in [1.82, 2.24) is 0 Å². The minimum Gasteiger partial charge on any atom is -0.378 e. The molecule has 0 saturated carbocycles. The Labute approximate surface area is 173 Å². The van der Waals surface area contributed by atoms with Gasteiger partial charge in [0, 0.05) is 24.5 Å². The molecule has 6 nitrogen and oxygen atoms in total. The summed E-state index contributed by atoms with van der Waals surface area (Å²) in [6, 6.07) is 12.1.